The first-order chi connectivity index (χ1) is 7.30. The number of carbonyl (C=O) groups excluding carboxylic acids is 1. The molecule has 0 bridgehead atoms. The van der Waals surface area contributed by atoms with E-state index in [1.54, 1.807) is 0 Å². The van der Waals surface area contributed by atoms with Gasteiger partial charge in [-0.15, -0.1) is 0 Å². The number of hydrogen-bond acceptors (Lipinski definition) is 2. The van der Waals surface area contributed by atoms with Crippen LogP contribution in [0.15, 0.2) is 0 Å². The van der Waals surface area contributed by atoms with E-state index in [0.29, 0.717) is 12.3 Å². The highest BCUT2D eigenvalue weighted by atomic mass is 16.1. The van der Waals surface area contributed by atoms with Gasteiger partial charge < -0.3 is 11.1 Å². The van der Waals surface area contributed by atoms with Crippen LogP contribution in [0.3, 0.4) is 0 Å². The average Bonchev–Trinajstić information content (AvgIpc) is 2.50. The Kier molecular flexibility index (Phi) is 4.36. The van der Waals surface area contributed by atoms with Gasteiger partial charge in [-0.3, -0.25) is 4.79 Å². The molecule has 1 amide bonds. The summed E-state index contributed by atoms with van der Waals surface area (Å²) in [7, 11) is 0. The zero-order valence-corrected chi connectivity index (χ0v) is 11.0. The molecule has 3 heteroatoms. The van der Waals surface area contributed by atoms with E-state index in [9.17, 15) is 4.79 Å². The lowest BCUT2D eigenvalue weighted by molar-refractivity contribution is -0.123. The van der Waals surface area contributed by atoms with Crippen molar-refractivity contribution in [2.24, 2.45) is 17.1 Å². The van der Waals surface area contributed by atoms with Crippen LogP contribution in [0.4, 0.5) is 0 Å². The summed E-state index contributed by atoms with van der Waals surface area (Å²) >= 11 is 0. The van der Waals surface area contributed by atoms with Crippen LogP contribution in [-0.4, -0.2) is 18.0 Å². The Hall–Kier alpha value is -0.570. The maximum atomic E-state index is 11.8. The second kappa shape index (κ2) is 5.17. The summed E-state index contributed by atoms with van der Waals surface area (Å²) < 4.78 is 0. The van der Waals surface area contributed by atoms with E-state index in [1.165, 1.54) is 0 Å². The highest BCUT2D eigenvalue weighted by Gasteiger charge is 2.27. The van der Waals surface area contributed by atoms with Gasteiger partial charge in [0.2, 0.25) is 5.91 Å². The van der Waals surface area contributed by atoms with Crippen LogP contribution in [0.5, 0.6) is 0 Å². The smallest absolute Gasteiger partial charge is 0.220 e. The van der Waals surface area contributed by atoms with Crippen molar-refractivity contribution in [2.45, 2.75) is 65.5 Å². The highest BCUT2D eigenvalue weighted by molar-refractivity contribution is 5.76. The predicted molar refractivity (Wildman–Crippen MR) is 67.0 cm³/mol. The van der Waals surface area contributed by atoms with E-state index in [4.69, 9.17) is 5.73 Å². The fourth-order valence-corrected chi connectivity index (χ4v) is 2.02. The summed E-state index contributed by atoms with van der Waals surface area (Å²) in [4.78, 5) is 11.8. The highest BCUT2D eigenvalue weighted by Crippen LogP contribution is 2.28. The average molecular weight is 226 g/mol. The van der Waals surface area contributed by atoms with E-state index in [1.807, 2.05) is 0 Å². The Bertz CT molecular complexity index is 239. The van der Waals surface area contributed by atoms with Crippen LogP contribution in [0.2, 0.25) is 0 Å². The first kappa shape index (κ1) is 13.5. The first-order valence-corrected chi connectivity index (χ1v) is 6.35. The van der Waals surface area contributed by atoms with Gasteiger partial charge in [0.1, 0.15) is 0 Å². The molecule has 1 fully saturated rings. The molecule has 16 heavy (non-hydrogen) atoms. The molecule has 0 radical (unpaired) electrons. The van der Waals surface area contributed by atoms with Crippen LogP contribution in [0.1, 0.15) is 53.4 Å². The van der Waals surface area contributed by atoms with Gasteiger partial charge in [-0.1, -0.05) is 27.7 Å². The van der Waals surface area contributed by atoms with Crippen LogP contribution in [0.25, 0.3) is 0 Å². The molecule has 0 heterocycles. The van der Waals surface area contributed by atoms with Crippen molar-refractivity contribution in [1.29, 1.82) is 0 Å². The minimum absolute atomic E-state index is 0.157. The second-order valence-electron chi connectivity index (χ2n) is 6.24. The van der Waals surface area contributed by atoms with Crippen LogP contribution >= 0.6 is 0 Å². The van der Waals surface area contributed by atoms with Gasteiger partial charge in [-0.25, -0.2) is 0 Å². The molecule has 0 aromatic heterocycles. The van der Waals surface area contributed by atoms with Crippen LogP contribution in [0, 0.1) is 11.3 Å². The minimum Gasteiger partial charge on any atom is -0.352 e. The van der Waals surface area contributed by atoms with Crippen molar-refractivity contribution in [3.05, 3.63) is 0 Å². The van der Waals surface area contributed by atoms with E-state index < -0.39 is 0 Å². The Morgan fingerprint density at radius 2 is 2.06 bits per heavy atom. The van der Waals surface area contributed by atoms with E-state index in [0.717, 1.165) is 19.3 Å². The van der Waals surface area contributed by atoms with Gasteiger partial charge in [-0.2, -0.15) is 0 Å². The molecule has 94 valence electrons. The Morgan fingerprint density at radius 3 is 2.50 bits per heavy atom. The van der Waals surface area contributed by atoms with E-state index in [2.05, 4.69) is 33.0 Å². The number of hydrogen-bond donors (Lipinski definition) is 2. The molecule has 3 N–H and O–H groups in total. The Balaban J connectivity index is 2.36. The monoisotopic (exact) mass is 226 g/mol. The van der Waals surface area contributed by atoms with E-state index >= 15 is 0 Å². The molecule has 1 aliphatic rings. The van der Waals surface area contributed by atoms with Crippen LogP contribution in [-0.2, 0) is 4.79 Å². The summed E-state index contributed by atoms with van der Waals surface area (Å²) in [5.74, 6) is 0.551. The fourth-order valence-electron chi connectivity index (χ4n) is 2.02. The van der Waals surface area contributed by atoms with Crippen molar-refractivity contribution < 1.29 is 4.79 Å². The molecule has 0 aromatic carbocycles. The summed E-state index contributed by atoms with van der Waals surface area (Å²) in [5, 5.41) is 3.07. The standard InChI is InChI=1S/C13H26N2O/c1-9(13(2,3)4)8-12(16)15-11-7-5-6-10(11)14/h9-11H,5-8,14H2,1-4H3,(H,15,16). The maximum absolute atomic E-state index is 11.8. The van der Waals surface area contributed by atoms with Crippen molar-refractivity contribution in [2.75, 3.05) is 0 Å². The quantitative estimate of drug-likeness (QED) is 0.774. The number of nitrogens with two attached hydrogens (primary N) is 1. The van der Waals surface area contributed by atoms with Gasteiger partial charge in [0.15, 0.2) is 0 Å². The van der Waals surface area contributed by atoms with Gasteiger partial charge in [-0.05, 0) is 30.6 Å². The lowest BCUT2D eigenvalue weighted by Gasteiger charge is -2.27. The summed E-state index contributed by atoms with van der Waals surface area (Å²) in [5.41, 5.74) is 6.12. The lowest BCUT2D eigenvalue weighted by Crippen LogP contribution is -2.44. The molecule has 3 nitrogen and oxygen atoms in total. The third kappa shape index (κ3) is 3.78. The molecule has 3 unspecified atom stereocenters. The van der Waals surface area contributed by atoms with Gasteiger partial charge in [0.05, 0.1) is 0 Å². The number of carbonyl (C=O) groups is 1. The normalized spacial score (nSPS) is 27.8. The van der Waals surface area contributed by atoms with Gasteiger partial charge in [0, 0.05) is 18.5 Å². The van der Waals surface area contributed by atoms with Crippen molar-refractivity contribution >= 4 is 5.91 Å². The van der Waals surface area contributed by atoms with E-state index in [-0.39, 0.29) is 23.4 Å². The third-order valence-corrected chi connectivity index (χ3v) is 3.89. The lowest BCUT2D eigenvalue weighted by atomic mass is 9.80. The summed E-state index contributed by atoms with van der Waals surface area (Å²) in [6, 6.07) is 0.369. The molecule has 0 aromatic rings. The molecule has 1 aliphatic carbocycles. The molecule has 1 saturated carbocycles. The summed E-state index contributed by atoms with van der Waals surface area (Å²) in [6.07, 6.45) is 3.82. The zero-order chi connectivity index (χ0) is 12.3. The molecule has 0 spiro atoms. The van der Waals surface area contributed by atoms with Gasteiger partial charge >= 0.3 is 0 Å². The zero-order valence-electron chi connectivity index (χ0n) is 11.0. The molecule has 0 saturated heterocycles. The van der Waals surface area contributed by atoms with Crippen molar-refractivity contribution in [3.8, 4) is 0 Å². The summed E-state index contributed by atoms with van der Waals surface area (Å²) in [6.45, 7) is 8.65. The Labute approximate surface area is 99.2 Å². The fraction of sp³-hybridized carbons (Fsp3) is 0.923. The number of nitrogens with one attached hydrogen (secondary N) is 1. The largest absolute Gasteiger partial charge is 0.352 e. The topological polar surface area (TPSA) is 55.1 Å². The van der Waals surface area contributed by atoms with Crippen molar-refractivity contribution in [3.63, 3.8) is 0 Å². The van der Waals surface area contributed by atoms with Crippen molar-refractivity contribution in [1.82, 2.24) is 5.32 Å². The minimum atomic E-state index is 0.157. The predicted octanol–water partition coefficient (Wildman–Crippen LogP) is 2.05. The second-order valence-corrected chi connectivity index (χ2v) is 6.24. The number of amides is 1. The van der Waals surface area contributed by atoms with Crippen LogP contribution < -0.4 is 11.1 Å². The maximum Gasteiger partial charge on any atom is 0.220 e. The SMILES string of the molecule is CC(CC(=O)NC1CCCC1N)C(C)(C)C. The number of rotatable bonds is 3. The third-order valence-electron chi connectivity index (χ3n) is 3.89. The molecule has 3 atom stereocenters. The molecular weight excluding hydrogens is 200 g/mol. The molecular formula is C13H26N2O. The first-order valence-electron chi connectivity index (χ1n) is 6.35. The van der Waals surface area contributed by atoms with Gasteiger partial charge in [0.25, 0.3) is 0 Å². The molecule has 0 aliphatic heterocycles. The molecule has 1 rings (SSSR count). The Morgan fingerprint density at radius 1 is 1.44 bits per heavy atom.